The highest BCUT2D eigenvalue weighted by atomic mass is 16.7. The number of hydrogen-bond donors (Lipinski definition) is 7. The number of nitrogens with two attached hydrogens (primary N) is 1. The van der Waals surface area contributed by atoms with E-state index < -0.39 is 126 Å². The lowest BCUT2D eigenvalue weighted by Crippen LogP contribution is -2.57. The molecule has 12 atom stereocenters. The maximum absolute atomic E-state index is 14.4. The van der Waals surface area contributed by atoms with Gasteiger partial charge in [0.15, 0.2) is 24.6 Å². The number of amides is 3. The Balaban J connectivity index is 1.02. The predicted octanol–water partition coefficient (Wildman–Crippen LogP) is -2.01. The second-order valence-corrected chi connectivity index (χ2v) is 16.5. The highest BCUT2D eigenvalue weighted by molar-refractivity contribution is 6.31. The molecule has 0 radical (unpaired) electrons. The maximum Gasteiger partial charge on any atom is 0.252 e. The first-order valence-corrected chi connectivity index (χ1v) is 20.5. The van der Waals surface area contributed by atoms with E-state index >= 15 is 0 Å². The number of benzene rings is 2. The van der Waals surface area contributed by atoms with Crippen LogP contribution in [-0.2, 0) is 54.0 Å². The van der Waals surface area contributed by atoms with Crippen molar-refractivity contribution in [2.24, 2.45) is 5.73 Å². The lowest BCUT2D eigenvalue weighted by Gasteiger charge is -2.43. The molecule has 2 aromatic rings. The summed E-state index contributed by atoms with van der Waals surface area (Å²) in [5.74, 6) is -4.72. The van der Waals surface area contributed by atoms with Crippen molar-refractivity contribution in [3.63, 3.8) is 0 Å². The minimum Gasteiger partial charge on any atom is -0.507 e. The molecule has 21 nitrogen and oxygen atoms in total. The minimum absolute atomic E-state index is 0.0376. The van der Waals surface area contributed by atoms with Crippen LogP contribution < -0.4 is 26.4 Å². The van der Waals surface area contributed by atoms with Gasteiger partial charge in [0, 0.05) is 55.6 Å². The average molecular weight is 868 g/mol. The van der Waals surface area contributed by atoms with Gasteiger partial charge in [0.1, 0.15) is 41.2 Å². The molecule has 2 aromatic carbocycles. The summed E-state index contributed by atoms with van der Waals surface area (Å²) in [4.78, 5) is 68.9. The number of ketones is 2. The Bertz CT molecular complexity index is 2190. The Morgan fingerprint density at radius 3 is 2.37 bits per heavy atom. The van der Waals surface area contributed by atoms with Crippen molar-refractivity contribution in [1.82, 2.24) is 20.9 Å². The van der Waals surface area contributed by atoms with Gasteiger partial charge in [0.2, 0.25) is 17.6 Å². The molecule has 5 saturated heterocycles. The Hall–Kier alpha value is -4.81. The molecule has 5 aliphatic heterocycles. The normalized spacial score (nSPS) is 34.6. The van der Waals surface area contributed by atoms with E-state index in [1.807, 2.05) is 6.92 Å². The number of methoxy groups -OCH3 is 2. The summed E-state index contributed by atoms with van der Waals surface area (Å²) in [5.41, 5.74) is 1.57. The zero-order valence-electron chi connectivity index (χ0n) is 34.1. The lowest BCUT2D eigenvalue weighted by molar-refractivity contribution is -0.256. The van der Waals surface area contributed by atoms with Gasteiger partial charge in [-0.05, 0) is 13.0 Å². The lowest BCUT2D eigenvalue weighted by atomic mass is 9.72. The highest BCUT2D eigenvalue weighted by Gasteiger charge is 2.56. The molecule has 0 unspecified atom stereocenters. The van der Waals surface area contributed by atoms with Crippen LogP contribution in [0.3, 0.4) is 0 Å². The van der Waals surface area contributed by atoms with E-state index in [4.69, 9.17) is 43.6 Å². The monoisotopic (exact) mass is 867 g/mol. The number of fused-ring (bicyclic) bond motifs is 7. The number of carbonyl (C=O) groups is 5. The molecular formula is C41H49N5O16. The van der Waals surface area contributed by atoms with Crippen molar-refractivity contribution in [3.05, 3.63) is 51.6 Å². The van der Waals surface area contributed by atoms with Gasteiger partial charge in [-0.3, -0.25) is 28.9 Å². The summed E-state index contributed by atoms with van der Waals surface area (Å²) in [5, 5.41) is 44.5. The first-order chi connectivity index (χ1) is 29.8. The molecule has 334 valence electrons. The van der Waals surface area contributed by atoms with E-state index in [0.29, 0.717) is 13.2 Å². The SMILES string of the molecule is COc1cccc2c1C(=O)c1c(O)c3c(c(O)c1C2=O)C[C@@](O)(C(=O)N[C@H]1CO[C@H]2[C@@H]1OC[C@@H]2NC(=O)CNC(=O)CN)C[C@@H]3O[C@H]1C[C@H]2[C@H](O[C@@H]3[C@@H](OC)OCCN32)[C@H](C)O1. The zero-order valence-corrected chi connectivity index (χ0v) is 34.1. The van der Waals surface area contributed by atoms with E-state index in [-0.39, 0.29) is 72.9 Å². The number of aliphatic hydroxyl groups is 1. The number of nitrogens with one attached hydrogen (secondary N) is 3. The van der Waals surface area contributed by atoms with Crippen LogP contribution in [0.5, 0.6) is 17.2 Å². The summed E-state index contributed by atoms with van der Waals surface area (Å²) in [6.45, 7) is 2.15. The summed E-state index contributed by atoms with van der Waals surface area (Å²) >= 11 is 0. The average Bonchev–Trinajstić information content (AvgIpc) is 3.97. The molecule has 7 aliphatic rings. The Labute approximate surface area is 354 Å². The standard InChI is InChI=1S/C41H49N5O16/c1-16-35-21(46-7-8-57-39(56-3)38(46)62-35)9-26(60-16)61-23-11-41(54,40(53)45-20-15-59-36-19(14-58-37(20)36)44-25(48)13-43-24(47)12-42)10-18-28(23)34(52)30-29(32(18)50)31(49)17-5-4-6-22(55-2)27(17)33(30)51/h4-6,16,19-21,23,26,35-39,50,52,54H,7-15,42H2,1-3H3,(H,43,47)(H,44,48)(H,45,53)/t16-,19-,20-,21-,23-,26-,35+,36+,37+,38+,39-,41-/m0/s1. The third-order valence-corrected chi connectivity index (χ3v) is 13.0. The molecule has 21 heteroatoms. The Morgan fingerprint density at radius 2 is 1.66 bits per heavy atom. The fraction of sp³-hybridized carbons (Fsp3) is 0.585. The molecule has 0 aromatic heterocycles. The molecule has 5 fully saturated rings. The third kappa shape index (κ3) is 7.00. The van der Waals surface area contributed by atoms with E-state index in [1.165, 1.54) is 32.4 Å². The number of aromatic hydroxyl groups is 2. The third-order valence-electron chi connectivity index (χ3n) is 13.0. The van der Waals surface area contributed by atoms with Crippen molar-refractivity contribution >= 4 is 29.3 Å². The second-order valence-electron chi connectivity index (χ2n) is 16.5. The van der Waals surface area contributed by atoms with Crippen molar-refractivity contribution in [2.75, 3.05) is 53.7 Å². The summed E-state index contributed by atoms with van der Waals surface area (Å²) in [7, 11) is 2.87. The van der Waals surface area contributed by atoms with Gasteiger partial charge in [-0.15, -0.1) is 0 Å². The summed E-state index contributed by atoms with van der Waals surface area (Å²) < 4.78 is 47.9. The summed E-state index contributed by atoms with van der Waals surface area (Å²) in [6, 6.07) is 2.78. The molecule has 0 saturated carbocycles. The molecule has 9 rings (SSSR count). The van der Waals surface area contributed by atoms with E-state index in [1.54, 1.807) is 0 Å². The summed E-state index contributed by atoms with van der Waals surface area (Å²) in [6.07, 6.45) is -6.70. The molecule has 8 N–H and O–H groups in total. The van der Waals surface area contributed by atoms with Crippen LogP contribution in [0.4, 0.5) is 0 Å². The van der Waals surface area contributed by atoms with Gasteiger partial charge >= 0.3 is 0 Å². The number of hydrogen-bond acceptors (Lipinski definition) is 18. The minimum atomic E-state index is -2.34. The molecule has 2 aliphatic carbocycles. The smallest absolute Gasteiger partial charge is 0.252 e. The Morgan fingerprint density at radius 1 is 0.935 bits per heavy atom. The maximum atomic E-state index is 14.4. The van der Waals surface area contributed by atoms with Crippen LogP contribution in [0.25, 0.3) is 0 Å². The molecule has 0 spiro atoms. The Kier molecular flexibility index (Phi) is 11.2. The number of morpholine rings is 1. The van der Waals surface area contributed by atoms with Crippen molar-refractivity contribution in [1.29, 1.82) is 0 Å². The molecule has 5 heterocycles. The zero-order chi connectivity index (χ0) is 43.8. The van der Waals surface area contributed by atoms with E-state index in [2.05, 4.69) is 20.9 Å². The number of ether oxygens (including phenoxy) is 8. The van der Waals surface area contributed by atoms with Crippen LogP contribution in [-0.4, -0.2) is 170 Å². The number of carbonyl (C=O) groups excluding carboxylic acids is 5. The first-order valence-electron chi connectivity index (χ1n) is 20.5. The molecular weight excluding hydrogens is 818 g/mol. The van der Waals surface area contributed by atoms with Gasteiger partial charge in [-0.2, -0.15) is 0 Å². The van der Waals surface area contributed by atoms with Gasteiger partial charge in [0.05, 0.1) is 81.0 Å². The van der Waals surface area contributed by atoms with E-state index in [9.17, 15) is 39.3 Å². The van der Waals surface area contributed by atoms with E-state index in [0.717, 1.165) is 0 Å². The largest absolute Gasteiger partial charge is 0.507 e. The van der Waals surface area contributed by atoms with Crippen LogP contribution in [0.2, 0.25) is 0 Å². The van der Waals surface area contributed by atoms with Crippen molar-refractivity contribution in [2.45, 2.75) is 99.2 Å². The molecule has 0 bridgehead atoms. The van der Waals surface area contributed by atoms with Gasteiger partial charge in [-0.25, -0.2) is 0 Å². The molecule has 3 amide bonds. The van der Waals surface area contributed by atoms with Gasteiger partial charge < -0.3 is 74.9 Å². The number of nitrogens with zero attached hydrogens (tertiary/aromatic N) is 1. The fourth-order valence-electron chi connectivity index (χ4n) is 10.1. The molecule has 62 heavy (non-hydrogen) atoms. The number of phenolic OH excluding ortho intramolecular Hbond substituents is 2. The van der Waals surface area contributed by atoms with Crippen LogP contribution in [0.15, 0.2) is 18.2 Å². The highest BCUT2D eigenvalue weighted by Crippen LogP contribution is 2.53. The van der Waals surface area contributed by atoms with Crippen LogP contribution in [0.1, 0.15) is 68.8 Å². The van der Waals surface area contributed by atoms with Crippen LogP contribution in [0, 0.1) is 0 Å². The predicted molar refractivity (Wildman–Crippen MR) is 207 cm³/mol. The fourth-order valence-corrected chi connectivity index (χ4v) is 10.1. The van der Waals surface area contributed by atoms with Crippen LogP contribution >= 0.6 is 0 Å². The number of rotatable bonds is 10. The van der Waals surface area contributed by atoms with Crippen molar-refractivity contribution in [3.8, 4) is 17.2 Å². The topological polar surface area (TPSA) is 285 Å². The second kappa shape index (κ2) is 16.4. The first kappa shape index (κ1) is 42.5. The van der Waals surface area contributed by atoms with Crippen molar-refractivity contribution < 1.29 is 77.2 Å². The van der Waals surface area contributed by atoms with Gasteiger partial charge in [0.25, 0.3) is 5.91 Å². The quantitative estimate of drug-likeness (QED) is 0.108. The van der Waals surface area contributed by atoms with Gasteiger partial charge in [-0.1, -0.05) is 12.1 Å². The number of phenols is 2.